The van der Waals surface area contributed by atoms with E-state index < -0.39 is 17.9 Å². The van der Waals surface area contributed by atoms with Gasteiger partial charge in [-0.3, -0.25) is 15.1 Å². The van der Waals surface area contributed by atoms with Crippen molar-refractivity contribution in [2.75, 3.05) is 5.32 Å². The molecule has 6 heteroatoms. The van der Waals surface area contributed by atoms with E-state index in [9.17, 15) is 9.59 Å². The minimum Gasteiger partial charge on any atom is -0.444 e. The number of aliphatic imine (C=N–C) groups is 1. The normalized spacial score (nSPS) is 17.7. The van der Waals surface area contributed by atoms with E-state index in [1.54, 1.807) is 20.8 Å². The van der Waals surface area contributed by atoms with E-state index in [0.717, 1.165) is 11.3 Å². The Bertz CT molecular complexity index is 645. The van der Waals surface area contributed by atoms with Crippen molar-refractivity contribution in [1.82, 2.24) is 5.32 Å². The summed E-state index contributed by atoms with van der Waals surface area (Å²) in [6, 6.07) is 7.47. The number of rotatable bonds is 2. The van der Waals surface area contributed by atoms with Crippen LogP contribution in [0.3, 0.4) is 0 Å². The number of benzodiazepines with no additional fused rings is 1. The van der Waals surface area contributed by atoms with Crippen LogP contribution in [0.1, 0.15) is 40.2 Å². The smallest absolute Gasteiger partial charge is 0.409 e. The van der Waals surface area contributed by atoms with Crippen LogP contribution in [0, 0.1) is 5.92 Å². The molecule has 1 aromatic rings. The molecule has 124 valence electrons. The zero-order valence-corrected chi connectivity index (χ0v) is 14.1. The van der Waals surface area contributed by atoms with Crippen molar-refractivity contribution in [3.05, 3.63) is 29.8 Å². The topological polar surface area (TPSA) is 79.8 Å². The zero-order valence-electron chi connectivity index (χ0n) is 14.1. The fourth-order valence-corrected chi connectivity index (χ4v) is 2.26. The van der Waals surface area contributed by atoms with E-state index in [4.69, 9.17) is 4.74 Å². The van der Waals surface area contributed by atoms with Crippen molar-refractivity contribution >= 4 is 23.4 Å². The second kappa shape index (κ2) is 6.40. The van der Waals surface area contributed by atoms with Gasteiger partial charge < -0.3 is 10.1 Å². The van der Waals surface area contributed by atoms with Gasteiger partial charge in [-0.1, -0.05) is 32.0 Å². The highest BCUT2D eigenvalue weighted by atomic mass is 16.6. The van der Waals surface area contributed by atoms with Crippen molar-refractivity contribution < 1.29 is 14.3 Å². The quantitative estimate of drug-likeness (QED) is 0.880. The monoisotopic (exact) mass is 317 g/mol. The SMILES string of the molecule is CC(C)C1=NC(NC(=O)OC(C)(C)C)C(=O)Nc2ccccc21. The lowest BCUT2D eigenvalue weighted by molar-refractivity contribution is -0.118. The predicted octanol–water partition coefficient (Wildman–Crippen LogP) is 2.93. The molecule has 2 amide bonds. The van der Waals surface area contributed by atoms with Gasteiger partial charge in [-0.15, -0.1) is 0 Å². The van der Waals surface area contributed by atoms with Crippen molar-refractivity contribution in [2.45, 2.75) is 46.4 Å². The van der Waals surface area contributed by atoms with Gasteiger partial charge in [0, 0.05) is 17.0 Å². The van der Waals surface area contributed by atoms with E-state index in [1.165, 1.54) is 0 Å². The minimum absolute atomic E-state index is 0.104. The molecule has 1 aromatic carbocycles. The molecular formula is C17H23N3O3. The highest BCUT2D eigenvalue weighted by Gasteiger charge is 2.28. The van der Waals surface area contributed by atoms with Crippen LogP contribution in [-0.2, 0) is 9.53 Å². The molecular weight excluding hydrogens is 294 g/mol. The van der Waals surface area contributed by atoms with Gasteiger partial charge in [0.25, 0.3) is 5.91 Å². The lowest BCUT2D eigenvalue weighted by atomic mass is 9.98. The Morgan fingerprint density at radius 3 is 2.57 bits per heavy atom. The van der Waals surface area contributed by atoms with Crippen molar-refractivity contribution in [3.63, 3.8) is 0 Å². The molecule has 1 aliphatic rings. The van der Waals surface area contributed by atoms with Crippen LogP contribution in [0.5, 0.6) is 0 Å². The van der Waals surface area contributed by atoms with Gasteiger partial charge in [0.1, 0.15) is 5.60 Å². The number of ether oxygens (including phenoxy) is 1. The molecule has 0 fully saturated rings. The summed E-state index contributed by atoms with van der Waals surface area (Å²) in [6.07, 6.45) is -1.69. The van der Waals surface area contributed by atoms with E-state index >= 15 is 0 Å². The Hall–Kier alpha value is -2.37. The van der Waals surface area contributed by atoms with Crippen LogP contribution in [0.15, 0.2) is 29.3 Å². The number of benzene rings is 1. The van der Waals surface area contributed by atoms with E-state index in [2.05, 4.69) is 15.6 Å². The number of carbonyl (C=O) groups is 2. The molecule has 1 unspecified atom stereocenters. The summed E-state index contributed by atoms with van der Waals surface area (Å²) >= 11 is 0. The first-order valence-electron chi connectivity index (χ1n) is 7.65. The summed E-state index contributed by atoms with van der Waals surface area (Å²) in [5.41, 5.74) is 1.68. The van der Waals surface area contributed by atoms with Gasteiger partial charge >= 0.3 is 6.09 Å². The van der Waals surface area contributed by atoms with Gasteiger partial charge in [0.05, 0.1) is 0 Å². The lowest BCUT2D eigenvalue weighted by Gasteiger charge is -2.21. The molecule has 0 aromatic heterocycles. The maximum atomic E-state index is 12.4. The van der Waals surface area contributed by atoms with Gasteiger partial charge in [0.15, 0.2) is 0 Å². The molecule has 6 nitrogen and oxygen atoms in total. The number of carbonyl (C=O) groups excluding carboxylic acids is 2. The molecule has 0 saturated carbocycles. The first kappa shape index (κ1) is 17.0. The van der Waals surface area contributed by atoms with Crippen molar-refractivity contribution in [1.29, 1.82) is 0 Å². The lowest BCUT2D eigenvalue weighted by Crippen LogP contribution is -2.44. The molecule has 0 saturated heterocycles. The molecule has 2 rings (SSSR count). The Kier molecular flexibility index (Phi) is 4.73. The Balaban J connectivity index is 2.30. The second-order valence-corrected chi connectivity index (χ2v) is 6.75. The van der Waals surface area contributed by atoms with Gasteiger partial charge in [-0.05, 0) is 32.8 Å². The van der Waals surface area contributed by atoms with Gasteiger partial charge in [0.2, 0.25) is 6.17 Å². The van der Waals surface area contributed by atoms with E-state index in [0.29, 0.717) is 5.69 Å². The standard InChI is InChI=1S/C17H23N3O3/c1-10(2)13-11-8-6-7-9-12(11)18-15(21)14(19-13)20-16(22)23-17(3,4)5/h6-10,14H,1-5H3,(H,18,21)(H,20,22). The number of hydrogen-bond acceptors (Lipinski definition) is 4. The highest BCUT2D eigenvalue weighted by Crippen LogP contribution is 2.23. The summed E-state index contributed by atoms with van der Waals surface area (Å²) < 4.78 is 5.20. The largest absolute Gasteiger partial charge is 0.444 e. The summed E-state index contributed by atoms with van der Waals surface area (Å²) in [6.45, 7) is 9.28. The number of para-hydroxylation sites is 1. The second-order valence-electron chi connectivity index (χ2n) is 6.75. The van der Waals surface area contributed by atoms with Crippen LogP contribution in [-0.4, -0.2) is 29.5 Å². The van der Waals surface area contributed by atoms with E-state index in [1.807, 2.05) is 38.1 Å². The number of alkyl carbamates (subject to hydrolysis) is 1. The molecule has 0 bridgehead atoms. The van der Waals surface area contributed by atoms with Gasteiger partial charge in [-0.25, -0.2) is 4.79 Å². The molecule has 23 heavy (non-hydrogen) atoms. The van der Waals surface area contributed by atoms with Crippen LogP contribution < -0.4 is 10.6 Å². The summed E-state index contributed by atoms with van der Waals surface area (Å²) in [5.74, 6) is -0.286. The number of nitrogens with zero attached hydrogens (tertiary/aromatic N) is 1. The third kappa shape index (κ3) is 4.31. The molecule has 1 aliphatic heterocycles. The summed E-state index contributed by atoms with van der Waals surface area (Å²) in [7, 11) is 0. The Morgan fingerprint density at radius 1 is 1.30 bits per heavy atom. The number of fused-ring (bicyclic) bond motifs is 1. The number of anilines is 1. The maximum Gasteiger partial charge on any atom is 0.409 e. The fraction of sp³-hybridized carbons (Fsp3) is 0.471. The number of nitrogens with one attached hydrogen (secondary N) is 2. The van der Waals surface area contributed by atoms with Crippen molar-refractivity contribution in [2.24, 2.45) is 10.9 Å². The Morgan fingerprint density at radius 2 is 1.96 bits per heavy atom. The van der Waals surface area contributed by atoms with Crippen LogP contribution in [0.25, 0.3) is 0 Å². The third-order valence-corrected chi connectivity index (χ3v) is 3.18. The zero-order chi connectivity index (χ0) is 17.2. The van der Waals surface area contributed by atoms with Crippen LogP contribution >= 0.6 is 0 Å². The van der Waals surface area contributed by atoms with Crippen molar-refractivity contribution in [3.8, 4) is 0 Å². The predicted molar refractivity (Wildman–Crippen MR) is 89.6 cm³/mol. The first-order valence-corrected chi connectivity index (χ1v) is 7.65. The first-order chi connectivity index (χ1) is 10.7. The number of hydrogen-bond donors (Lipinski definition) is 2. The minimum atomic E-state index is -1.02. The molecule has 1 atom stereocenters. The molecule has 1 heterocycles. The third-order valence-electron chi connectivity index (χ3n) is 3.18. The van der Waals surface area contributed by atoms with Crippen LogP contribution in [0.2, 0.25) is 0 Å². The van der Waals surface area contributed by atoms with Gasteiger partial charge in [-0.2, -0.15) is 0 Å². The maximum absolute atomic E-state index is 12.4. The Labute approximate surface area is 136 Å². The molecule has 0 spiro atoms. The molecule has 0 aliphatic carbocycles. The average Bonchev–Trinajstić information content (AvgIpc) is 2.54. The molecule has 2 N–H and O–H groups in total. The molecule has 0 radical (unpaired) electrons. The van der Waals surface area contributed by atoms with E-state index in [-0.39, 0.29) is 11.8 Å². The summed E-state index contributed by atoms with van der Waals surface area (Å²) in [4.78, 5) is 28.8. The highest BCUT2D eigenvalue weighted by molar-refractivity contribution is 6.12. The summed E-state index contributed by atoms with van der Waals surface area (Å²) in [5, 5.41) is 5.33. The number of amides is 2. The van der Waals surface area contributed by atoms with Crippen LogP contribution in [0.4, 0.5) is 10.5 Å². The average molecular weight is 317 g/mol. The fourth-order valence-electron chi connectivity index (χ4n) is 2.26.